The molecule has 2 N–H and O–H groups in total. The Bertz CT molecular complexity index is 342. The summed E-state index contributed by atoms with van der Waals surface area (Å²) in [4.78, 5) is 12.4. The van der Waals surface area contributed by atoms with Gasteiger partial charge in [-0.3, -0.25) is 4.79 Å². The van der Waals surface area contributed by atoms with Gasteiger partial charge in [-0.05, 0) is 31.2 Å². The van der Waals surface area contributed by atoms with Crippen molar-refractivity contribution in [3.8, 4) is 0 Å². The van der Waals surface area contributed by atoms with E-state index in [9.17, 15) is 4.79 Å². The molecule has 0 fully saturated rings. The number of carbonyl (C=O) groups is 1. The fraction of sp³-hybridized carbons (Fsp3) is 0.364. The van der Waals surface area contributed by atoms with E-state index in [1.165, 1.54) is 11.8 Å². The number of aliphatic hydroxyl groups excluding tert-OH is 1. The predicted octanol–water partition coefficient (Wildman–Crippen LogP) is 1.93. The Morgan fingerprint density at radius 2 is 2.12 bits per heavy atom. The Balaban J connectivity index is 2.34. The summed E-state index contributed by atoms with van der Waals surface area (Å²) in [6, 6.07) is 7.13. The second-order valence-corrected chi connectivity index (χ2v) is 4.88. The Hall–Kier alpha value is -0.710. The maximum Gasteiger partial charge on any atom is 0.230 e. The van der Waals surface area contributed by atoms with Crippen LogP contribution in [0.2, 0.25) is 5.02 Å². The normalized spacial score (nSPS) is 12.2. The fourth-order valence-corrected chi connectivity index (χ4v) is 1.88. The number of carbonyl (C=O) groups excluding carboxylic acids is 1. The van der Waals surface area contributed by atoms with Gasteiger partial charge in [-0.25, -0.2) is 0 Å². The minimum absolute atomic E-state index is 0.0443. The van der Waals surface area contributed by atoms with Crippen molar-refractivity contribution < 1.29 is 9.90 Å². The van der Waals surface area contributed by atoms with E-state index in [1.54, 1.807) is 19.1 Å². The largest absolute Gasteiger partial charge is 0.394 e. The van der Waals surface area contributed by atoms with Crippen LogP contribution < -0.4 is 5.32 Å². The highest BCUT2D eigenvalue weighted by atomic mass is 35.5. The summed E-state index contributed by atoms with van der Waals surface area (Å²) in [6.45, 7) is 1.71. The Labute approximate surface area is 104 Å². The molecular formula is C11H14ClNO2S. The van der Waals surface area contributed by atoms with E-state index in [0.717, 1.165) is 4.90 Å². The summed E-state index contributed by atoms with van der Waals surface area (Å²) >= 11 is 7.18. The molecule has 0 spiro atoms. The van der Waals surface area contributed by atoms with Crippen LogP contribution in [-0.2, 0) is 4.79 Å². The third-order valence-corrected chi connectivity index (χ3v) is 3.13. The van der Waals surface area contributed by atoms with Gasteiger partial charge in [0, 0.05) is 16.0 Å². The molecule has 0 aliphatic rings. The van der Waals surface area contributed by atoms with Gasteiger partial charge in [0.25, 0.3) is 0 Å². The first-order chi connectivity index (χ1) is 7.61. The minimum Gasteiger partial charge on any atom is -0.394 e. The number of amides is 1. The zero-order valence-electron chi connectivity index (χ0n) is 8.94. The van der Waals surface area contributed by atoms with Crippen molar-refractivity contribution in [2.75, 3.05) is 12.4 Å². The Morgan fingerprint density at radius 3 is 2.69 bits per heavy atom. The van der Waals surface area contributed by atoms with Crippen molar-refractivity contribution in [2.45, 2.75) is 17.9 Å². The van der Waals surface area contributed by atoms with Crippen molar-refractivity contribution in [3.05, 3.63) is 29.3 Å². The molecule has 0 aromatic heterocycles. The molecule has 0 saturated heterocycles. The van der Waals surface area contributed by atoms with Gasteiger partial charge in [0.15, 0.2) is 0 Å². The highest BCUT2D eigenvalue weighted by Gasteiger charge is 2.06. The predicted molar refractivity (Wildman–Crippen MR) is 66.9 cm³/mol. The molecule has 1 aromatic carbocycles. The average Bonchev–Trinajstić information content (AvgIpc) is 2.28. The molecule has 1 rings (SSSR count). The summed E-state index contributed by atoms with van der Waals surface area (Å²) in [7, 11) is 0. The molecule has 1 amide bonds. The molecule has 0 aliphatic carbocycles. The average molecular weight is 260 g/mol. The zero-order valence-corrected chi connectivity index (χ0v) is 10.5. The molecule has 16 heavy (non-hydrogen) atoms. The summed E-state index contributed by atoms with van der Waals surface area (Å²) in [5, 5.41) is 12.1. The standard InChI is InChI=1S/C11H14ClNO2S/c1-8(6-14)13-11(15)7-16-10-4-2-9(12)3-5-10/h2-5,8,14H,6-7H2,1H3,(H,13,15). The smallest absolute Gasteiger partial charge is 0.230 e. The van der Waals surface area contributed by atoms with Gasteiger partial charge in [-0.15, -0.1) is 11.8 Å². The molecule has 1 aromatic rings. The first-order valence-electron chi connectivity index (χ1n) is 4.90. The van der Waals surface area contributed by atoms with E-state index in [-0.39, 0.29) is 18.6 Å². The molecular weight excluding hydrogens is 246 g/mol. The first-order valence-corrected chi connectivity index (χ1v) is 6.26. The second-order valence-electron chi connectivity index (χ2n) is 3.39. The number of benzene rings is 1. The van der Waals surface area contributed by atoms with Gasteiger partial charge in [-0.2, -0.15) is 0 Å². The maximum atomic E-state index is 11.4. The quantitative estimate of drug-likeness (QED) is 0.795. The van der Waals surface area contributed by atoms with Crippen molar-refractivity contribution in [1.29, 1.82) is 0 Å². The number of rotatable bonds is 5. The molecule has 1 atom stereocenters. The van der Waals surface area contributed by atoms with Crippen molar-refractivity contribution in [1.82, 2.24) is 5.32 Å². The van der Waals surface area contributed by atoms with E-state index < -0.39 is 0 Å². The Morgan fingerprint density at radius 1 is 1.50 bits per heavy atom. The monoisotopic (exact) mass is 259 g/mol. The number of halogens is 1. The van der Waals surface area contributed by atoms with Crippen LogP contribution in [0.25, 0.3) is 0 Å². The zero-order chi connectivity index (χ0) is 12.0. The van der Waals surface area contributed by atoms with E-state index >= 15 is 0 Å². The lowest BCUT2D eigenvalue weighted by atomic mass is 10.4. The van der Waals surface area contributed by atoms with Crippen molar-refractivity contribution in [2.24, 2.45) is 0 Å². The minimum atomic E-state index is -0.196. The number of hydrogen-bond acceptors (Lipinski definition) is 3. The van der Waals surface area contributed by atoms with Crippen molar-refractivity contribution in [3.63, 3.8) is 0 Å². The van der Waals surface area contributed by atoms with Crippen LogP contribution >= 0.6 is 23.4 Å². The molecule has 0 aliphatic heterocycles. The molecule has 0 radical (unpaired) electrons. The third kappa shape index (κ3) is 4.88. The fourth-order valence-electron chi connectivity index (χ4n) is 1.04. The van der Waals surface area contributed by atoms with Gasteiger partial charge in [0.2, 0.25) is 5.91 Å². The van der Waals surface area contributed by atoms with Gasteiger partial charge in [0.05, 0.1) is 12.4 Å². The van der Waals surface area contributed by atoms with Crippen molar-refractivity contribution >= 4 is 29.3 Å². The van der Waals surface area contributed by atoms with Crippen LogP contribution in [-0.4, -0.2) is 29.4 Å². The molecule has 1 unspecified atom stereocenters. The molecule has 5 heteroatoms. The summed E-state index contributed by atoms with van der Waals surface area (Å²) in [6.07, 6.45) is 0. The maximum absolute atomic E-state index is 11.4. The second kappa shape index (κ2) is 6.78. The van der Waals surface area contributed by atoms with Gasteiger partial charge in [0.1, 0.15) is 0 Å². The lowest BCUT2D eigenvalue weighted by molar-refractivity contribution is -0.119. The summed E-state index contributed by atoms with van der Waals surface area (Å²) < 4.78 is 0. The number of nitrogens with one attached hydrogen (secondary N) is 1. The van der Waals surface area contributed by atoms with E-state index in [2.05, 4.69) is 5.32 Å². The summed E-state index contributed by atoms with van der Waals surface area (Å²) in [5.74, 6) is 0.257. The lowest BCUT2D eigenvalue weighted by Crippen LogP contribution is -2.36. The van der Waals surface area contributed by atoms with Crippen LogP contribution in [0.1, 0.15) is 6.92 Å². The highest BCUT2D eigenvalue weighted by Crippen LogP contribution is 2.19. The third-order valence-electron chi connectivity index (χ3n) is 1.86. The molecule has 3 nitrogen and oxygen atoms in total. The van der Waals surface area contributed by atoms with Crippen LogP contribution in [0.15, 0.2) is 29.2 Å². The molecule has 0 bridgehead atoms. The number of hydrogen-bond donors (Lipinski definition) is 2. The van der Waals surface area contributed by atoms with Crippen LogP contribution in [0.3, 0.4) is 0 Å². The lowest BCUT2D eigenvalue weighted by Gasteiger charge is -2.10. The SMILES string of the molecule is CC(CO)NC(=O)CSc1ccc(Cl)cc1. The number of thioether (sulfide) groups is 1. The highest BCUT2D eigenvalue weighted by molar-refractivity contribution is 8.00. The van der Waals surface area contributed by atoms with E-state index in [0.29, 0.717) is 10.8 Å². The van der Waals surface area contributed by atoms with Gasteiger partial charge >= 0.3 is 0 Å². The first kappa shape index (κ1) is 13.4. The molecule has 0 heterocycles. The number of aliphatic hydroxyl groups is 1. The molecule has 0 saturated carbocycles. The topological polar surface area (TPSA) is 49.3 Å². The van der Waals surface area contributed by atoms with Gasteiger partial charge < -0.3 is 10.4 Å². The van der Waals surface area contributed by atoms with Crippen LogP contribution in [0, 0.1) is 0 Å². The summed E-state index contributed by atoms with van der Waals surface area (Å²) in [5.41, 5.74) is 0. The van der Waals surface area contributed by atoms with E-state index in [1.807, 2.05) is 12.1 Å². The van der Waals surface area contributed by atoms with E-state index in [4.69, 9.17) is 16.7 Å². The van der Waals surface area contributed by atoms with Crippen LogP contribution in [0.4, 0.5) is 0 Å². The molecule has 88 valence electrons. The van der Waals surface area contributed by atoms with Gasteiger partial charge in [-0.1, -0.05) is 11.6 Å². The van der Waals surface area contributed by atoms with Crippen LogP contribution in [0.5, 0.6) is 0 Å². The Kier molecular flexibility index (Phi) is 5.66.